The molecular weight excluding hydrogens is 414 g/mol. The number of aryl methyl sites for hydroxylation is 3. The highest BCUT2D eigenvalue weighted by atomic mass is 32.2. The first-order chi connectivity index (χ1) is 14.8. The van der Waals surface area contributed by atoms with Gasteiger partial charge in [-0.25, -0.2) is 4.99 Å². The van der Waals surface area contributed by atoms with Crippen molar-refractivity contribution < 1.29 is 14.1 Å². The first-order valence-corrected chi connectivity index (χ1v) is 10.3. The van der Waals surface area contributed by atoms with E-state index < -0.39 is 4.92 Å². The SMILES string of the molecule is Cc1ccc(C)c(N=C2NC(=O)/C(=C\c3ccc(-c4ccc(C)cc4[N+](=O)[O-])o3)S2)c1. The minimum atomic E-state index is -0.431. The van der Waals surface area contributed by atoms with Crippen molar-refractivity contribution in [1.29, 1.82) is 0 Å². The predicted molar refractivity (Wildman–Crippen MR) is 122 cm³/mol. The zero-order valence-electron chi connectivity index (χ0n) is 17.1. The summed E-state index contributed by atoms with van der Waals surface area (Å²) < 4.78 is 5.78. The quantitative estimate of drug-likeness (QED) is 0.325. The lowest BCUT2D eigenvalue weighted by molar-refractivity contribution is -0.384. The normalized spacial score (nSPS) is 16.2. The molecule has 1 fully saturated rings. The minimum absolute atomic E-state index is 0.0236. The molecule has 2 aromatic carbocycles. The maximum absolute atomic E-state index is 12.4. The summed E-state index contributed by atoms with van der Waals surface area (Å²) in [5.74, 6) is 0.523. The number of thioether (sulfide) groups is 1. The van der Waals surface area contributed by atoms with Gasteiger partial charge in [0.15, 0.2) is 5.17 Å². The highest BCUT2D eigenvalue weighted by Gasteiger charge is 2.25. The standard InChI is InChI=1S/C23H19N3O4S/c1-13-4-6-15(3)18(10-13)24-23-25-22(27)21(31-23)12-16-7-9-20(30-16)17-8-5-14(2)11-19(17)26(28)29/h4-12H,1-3H3,(H,24,25,27)/b21-12+. The molecule has 1 aliphatic heterocycles. The molecule has 0 saturated carbocycles. The zero-order chi connectivity index (χ0) is 22.1. The number of furan rings is 1. The van der Waals surface area contributed by atoms with E-state index in [4.69, 9.17) is 4.42 Å². The number of amidine groups is 1. The lowest BCUT2D eigenvalue weighted by Gasteiger charge is -2.02. The number of amides is 1. The summed E-state index contributed by atoms with van der Waals surface area (Å²) >= 11 is 1.22. The number of carbonyl (C=O) groups is 1. The molecule has 0 bridgehead atoms. The molecule has 4 rings (SSSR count). The molecule has 8 heteroatoms. The van der Waals surface area contributed by atoms with Gasteiger partial charge in [-0.2, -0.15) is 0 Å². The van der Waals surface area contributed by atoms with Gasteiger partial charge >= 0.3 is 0 Å². The van der Waals surface area contributed by atoms with Crippen LogP contribution in [0.5, 0.6) is 0 Å². The van der Waals surface area contributed by atoms with Crippen molar-refractivity contribution in [2.24, 2.45) is 4.99 Å². The smallest absolute Gasteiger partial charge is 0.280 e. The second kappa shape index (κ2) is 8.23. The molecular formula is C23H19N3O4S. The van der Waals surface area contributed by atoms with Gasteiger partial charge in [0.1, 0.15) is 11.5 Å². The van der Waals surface area contributed by atoms with Crippen LogP contribution in [-0.4, -0.2) is 16.0 Å². The first-order valence-electron chi connectivity index (χ1n) is 9.52. The van der Waals surface area contributed by atoms with Gasteiger partial charge in [-0.1, -0.05) is 18.2 Å². The molecule has 1 aromatic heterocycles. The Morgan fingerprint density at radius 2 is 1.81 bits per heavy atom. The molecule has 2 heterocycles. The minimum Gasteiger partial charge on any atom is -0.456 e. The third-order valence-corrected chi connectivity index (χ3v) is 5.66. The number of nitrogens with zero attached hydrogens (tertiary/aromatic N) is 2. The van der Waals surface area contributed by atoms with Crippen LogP contribution in [0.25, 0.3) is 17.4 Å². The number of nitro benzene ring substituents is 1. The van der Waals surface area contributed by atoms with E-state index in [0.29, 0.717) is 27.2 Å². The van der Waals surface area contributed by atoms with Crippen molar-refractivity contribution in [1.82, 2.24) is 5.32 Å². The molecule has 31 heavy (non-hydrogen) atoms. The number of carbonyl (C=O) groups excluding carboxylic acids is 1. The molecule has 1 N–H and O–H groups in total. The maximum Gasteiger partial charge on any atom is 0.280 e. The number of aliphatic imine (C=N–C) groups is 1. The summed E-state index contributed by atoms with van der Waals surface area (Å²) in [5, 5.41) is 14.6. The summed E-state index contributed by atoms with van der Waals surface area (Å²) in [6.07, 6.45) is 1.61. The summed E-state index contributed by atoms with van der Waals surface area (Å²) in [5.41, 5.74) is 4.06. The van der Waals surface area contributed by atoms with E-state index >= 15 is 0 Å². The van der Waals surface area contributed by atoms with E-state index in [1.807, 2.05) is 32.0 Å². The summed E-state index contributed by atoms with van der Waals surface area (Å²) in [4.78, 5) is 28.3. The highest BCUT2D eigenvalue weighted by molar-refractivity contribution is 8.18. The van der Waals surface area contributed by atoms with Gasteiger partial charge < -0.3 is 9.73 Å². The van der Waals surface area contributed by atoms with Crippen LogP contribution in [0, 0.1) is 30.9 Å². The van der Waals surface area contributed by atoms with Gasteiger partial charge in [-0.05, 0) is 73.5 Å². The topological polar surface area (TPSA) is 97.7 Å². The molecule has 1 aliphatic rings. The molecule has 7 nitrogen and oxygen atoms in total. The van der Waals surface area contributed by atoms with E-state index in [2.05, 4.69) is 10.3 Å². The van der Waals surface area contributed by atoms with Crippen molar-refractivity contribution in [3.05, 3.63) is 86.0 Å². The Bertz CT molecular complexity index is 1270. The second-order valence-corrected chi connectivity index (χ2v) is 8.28. The monoisotopic (exact) mass is 433 g/mol. The zero-order valence-corrected chi connectivity index (χ0v) is 17.9. The predicted octanol–water partition coefficient (Wildman–Crippen LogP) is 5.67. The van der Waals surface area contributed by atoms with Gasteiger partial charge in [0.05, 0.1) is 21.1 Å². The average molecular weight is 433 g/mol. The Hall–Kier alpha value is -3.65. The van der Waals surface area contributed by atoms with Crippen LogP contribution in [-0.2, 0) is 4.79 Å². The van der Waals surface area contributed by atoms with Crippen LogP contribution >= 0.6 is 11.8 Å². The van der Waals surface area contributed by atoms with Gasteiger partial charge in [-0.15, -0.1) is 0 Å². The first kappa shape index (κ1) is 20.6. The lowest BCUT2D eigenvalue weighted by atomic mass is 10.1. The molecule has 1 amide bonds. The number of hydrogen-bond donors (Lipinski definition) is 1. The van der Waals surface area contributed by atoms with Gasteiger partial charge in [0, 0.05) is 12.1 Å². The van der Waals surface area contributed by atoms with E-state index in [0.717, 1.165) is 22.4 Å². The number of hydrogen-bond acceptors (Lipinski definition) is 6. The molecule has 0 radical (unpaired) electrons. The molecule has 0 unspecified atom stereocenters. The van der Waals surface area contributed by atoms with Crippen molar-refractivity contribution in [2.75, 3.05) is 0 Å². The molecule has 156 valence electrons. The highest BCUT2D eigenvalue weighted by Crippen LogP contribution is 2.34. The number of nitro groups is 1. The summed E-state index contributed by atoms with van der Waals surface area (Å²) in [6, 6.07) is 14.3. The van der Waals surface area contributed by atoms with Crippen molar-refractivity contribution in [3.8, 4) is 11.3 Å². The van der Waals surface area contributed by atoms with E-state index in [1.54, 1.807) is 37.3 Å². The Morgan fingerprint density at radius 3 is 2.58 bits per heavy atom. The summed E-state index contributed by atoms with van der Waals surface area (Å²) in [7, 11) is 0. The summed E-state index contributed by atoms with van der Waals surface area (Å²) in [6.45, 7) is 5.75. The molecule has 0 aliphatic carbocycles. The Balaban J connectivity index is 1.60. The van der Waals surface area contributed by atoms with E-state index in [1.165, 1.54) is 17.8 Å². The fraction of sp³-hybridized carbons (Fsp3) is 0.130. The third-order valence-electron chi connectivity index (χ3n) is 4.75. The van der Waals surface area contributed by atoms with E-state index in [-0.39, 0.29) is 11.6 Å². The van der Waals surface area contributed by atoms with Crippen LogP contribution in [0.1, 0.15) is 22.5 Å². The Kier molecular flexibility index (Phi) is 5.48. The molecule has 3 aromatic rings. The van der Waals surface area contributed by atoms with Gasteiger partial charge in [-0.3, -0.25) is 14.9 Å². The van der Waals surface area contributed by atoms with Crippen molar-refractivity contribution >= 4 is 40.3 Å². The fourth-order valence-corrected chi connectivity index (χ4v) is 3.95. The van der Waals surface area contributed by atoms with Crippen molar-refractivity contribution in [2.45, 2.75) is 20.8 Å². The molecule has 1 saturated heterocycles. The molecule has 0 atom stereocenters. The fourth-order valence-electron chi connectivity index (χ4n) is 3.14. The Labute approximate surface area is 183 Å². The van der Waals surface area contributed by atoms with Crippen molar-refractivity contribution in [3.63, 3.8) is 0 Å². The van der Waals surface area contributed by atoms with Crippen LogP contribution in [0.2, 0.25) is 0 Å². The van der Waals surface area contributed by atoms with Crippen LogP contribution < -0.4 is 5.32 Å². The average Bonchev–Trinajstić information content (AvgIpc) is 3.31. The van der Waals surface area contributed by atoms with E-state index in [9.17, 15) is 14.9 Å². The number of rotatable bonds is 4. The second-order valence-electron chi connectivity index (χ2n) is 7.25. The number of benzene rings is 2. The third kappa shape index (κ3) is 4.44. The lowest BCUT2D eigenvalue weighted by Crippen LogP contribution is -2.19. The largest absolute Gasteiger partial charge is 0.456 e. The van der Waals surface area contributed by atoms with Gasteiger partial charge in [0.2, 0.25) is 0 Å². The number of nitrogens with one attached hydrogen (secondary N) is 1. The van der Waals surface area contributed by atoms with Gasteiger partial charge in [0.25, 0.3) is 11.6 Å². The van der Waals surface area contributed by atoms with Crippen LogP contribution in [0.3, 0.4) is 0 Å². The Morgan fingerprint density at radius 1 is 1.06 bits per heavy atom. The van der Waals surface area contributed by atoms with Crippen LogP contribution in [0.4, 0.5) is 11.4 Å². The molecule has 0 spiro atoms. The van der Waals surface area contributed by atoms with Crippen LogP contribution in [0.15, 0.2) is 62.8 Å². The maximum atomic E-state index is 12.4.